The normalized spacial score (nSPS) is 21.3. The lowest BCUT2D eigenvalue weighted by Gasteiger charge is -2.57. The summed E-state index contributed by atoms with van der Waals surface area (Å²) < 4.78 is 2.38. The summed E-state index contributed by atoms with van der Waals surface area (Å²) in [4.78, 5) is 18.5. The minimum absolute atomic E-state index is 0.402. The summed E-state index contributed by atoms with van der Waals surface area (Å²) in [5.41, 5.74) is 11.1. The Morgan fingerprint density at radius 2 is 1.05 bits per heavy atom. The molecule has 2 heterocycles. The molecule has 264 valence electrons. The number of benzene rings is 6. The third-order valence-corrected chi connectivity index (χ3v) is 12.8. The summed E-state index contributed by atoms with van der Waals surface area (Å²) >= 11 is 0. The lowest BCUT2D eigenvalue weighted by molar-refractivity contribution is -0.00518. The molecule has 0 atom stereocenters. The van der Waals surface area contributed by atoms with Crippen molar-refractivity contribution in [1.82, 2.24) is 19.5 Å². The molecular formula is C50H39N5. The molecule has 5 nitrogen and oxygen atoms in total. The van der Waals surface area contributed by atoms with Crippen LogP contribution in [0.5, 0.6) is 0 Å². The van der Waals surface area contributed by atoms with Crippen LogP contribution in [0.3, 0.4) is 0 Å². The predicted octanol–water partition coefficient (Wildman–Crippen LogP) is 12.7. The first-order valence-corrected chi connectivity index (χ1v) is 19.6. The fraction of sp³-hybridized carbons (Fsp3) is 0.200. The van der Waals surface area contributed by atoms with Crippen molar-refractivity contribution in [3.8, 4) is 51.0 Å². The van der Waals surface area contributed by atoms with Crippen molar-refractivity contribution >= 4 is 27.5 Å². The van der Waals surface area contributed by atoms with E-state index in [1.165, 1.54) is 65.9 Å². The zero-order valence-electron chi connectivity index (χ0n) is 30.6. The summed E-state index contributed by atoms with van der Waals surface area (Å²) in [7, 11) is 0. The van der Waals surface area contributed by atoms with Crippen LogP contribution in [0.15, 0.2) is 146 Å². The van der Waals surface area contributed by atoms with E-state index in [1.807, 2.05) is 54.6 Å². The van der Waals surface area contributed by atoms with Gasteiger partial charge < -0.3 is 4.57 Å². The highest BCUT2D eigenvalue weighted by Gasteiger charge is 2.51. The number of fused-ring (bicyclic) bond motifs is 3. The maximum absolute atomic E-state index is 7.40. The predicted molar refractivity (Wildman–Crippen MR) is 222 cm³/mol. The van der Waals surface area contributed by atoms with Gasteiger partial charge in [0.2, 0.25) is 0 Å². The molecule has 0 amide bonds. The summed E-state index contributed by atoms with van der Waals surface area (Å²) in [5.74, 6) is 4.60. The van der Waals surface area contributed by atoms with Gasteiger partial charge in [0.1, 0.15) is 0 Å². The maximum atomic E-state index is 7.40. The van der Waals surface area contributed by atoms with Crippen molar-refractivity contribution in [2.75, 3.05) is 0 Å². The van der Waals surface area contributed by atoms with Crippen molar-refractivity contribution in [2.24, 2.45) is 17.8 Å². The molecule has 4 fully saturated rings. The van der Waals surface area contributed by atoms with Gasteiger partial charge in [0.05, 0.1) is 17.6 Å². The zero-order valence-corrected chi connectivity index (χ0v) is 30.6. The van der Waals surface area contributed by atoms with Gasteiger partial charge in [-0.3, -0.25) is 0 Å². The van der Waals surface area contributed by atoms with E-state index in [0.29, 0.717) is 28.6 Å². The molecule has 4 aliphatic rings. The first-order valence-electron chi connectivity index (χ1n) is 19.6. The second-order valence-corrected chi connectivity index (χ2v) is 16.2. The third kappa shape index (κ3) is 5.47. The molecule has 0 aliphatic heterocycles. The topological polar surface area (TPSA) is 48.0 Å². The van der Waals surface area contributed by atoms with Crippen LogP contribution < -0.4 is 0 Å². The highest BCUT2D eigenvalue weighted by atomic mass is 15.0. The van der Waals surface area contributed by atoms with Gasteiger partial charge in [0.15, 0.2) is 23.2 Å². The summed E-state index contributed by atoms with van der Waals surface area (Å²) in [6.07, 6.45) is 8.58. The van der Waals surface area contributed by atoms with Gasteiger partial charge in [-0.2, -0.15) is 0 Å². The molecule has 5 heteroatoms. The molecule has 0 unspecified atom stereocenters. The van der Waals surface area contributed by atoms with Crippen molar-refractivity contribution in [3.05, 3.63) is 163 Å². The Morgan fingerprint density at radius 3 is 1.75 bits per heavy atom. The van der Waals surface area contributed by atoms with E-state index in [-0.39, 0.29) is 0 Å². The Labute approximate surface area is 321 Å². The van der Waals surface area contributed by atoms with Crippen LogP contribution in [0.1, 0.15) is 44.1 Å². The number of hydrogen-bond acceptors (Lipinski definition) is 3. The van der Waals surface area contributed by atoms with Crippen molar-refractivity contribution in [3.63, 3.8) is 0 Å². The Hall–Kier alpha value is -6.38. The molecule has 0 radical (unpaired) electrons. The Morgan fingerprint density at radius 1 is 0.491 bits per heavy atom. The van der Waals surface area contributed by atoms with E-state index in [0.717, 1.165) is 45.6 Å². The van der Waals surface area contributed by atoms with E-state index in [2.05, 4.69) is 100 Å². The molecule has 0 saturated heterocycles. The number of aromatic nitrogens is 4. The molecule has 4 aliphatic carbocycles. The van der Waals surface area contributed by atoms with Crippen molar-refractivity contribution in [2.45, 2.75) is 43.9 Å². The maximum Gasteiger partial charge on any atom is 0.187 e. The lowest BCUT2D eigenvalue weighted by atomic mass is 9.48. The summed E-state index contributed by atoms with van der Waals surface area (Å²) in [5, 5.41) is 2.45. The molecule has 2 aromatic heterocycles. The Bertz CT molecular complexity index is 2760. The number of para-hydroxylation sites is 1. The largest absolute Gasteiger partial charge is 0.309 e. The second-order valence-electron chi connectivity index (χ2n) is 16.2. The summed E-state index contributed by atoms with van der Waals surface area (Å²) in [6.45, 7) is 7.40. The monoisotopic (exact) mass is 709 g/mol. The van der Waals surface area contributed by atoms with Crippen molar-refractivity contribution < 1.29 is 0 Å². The fourth-order valence-corrected chi connectivity index (χ4v) is 10.7. The molecular weight excluding hydrogens is 671 g/mol. The Balaban J connectivity index is 1.01. The third-order valence-electron chi connectivity index (χ3n) is 12.8. The number of rotatable bonds is 6. The molecule has 4 bridgehead atoms. The second kappa shape index (κ2) is 12.6. The molecule has 4 saturated carbocycles. The van der Waals surface area contributed by atoms with Gasteiger partial charge in [-0.25, -0.2) is 19.8 Å². The minimum Gasteiger partial charge on any atom is -0.309 e. The van der Waals surface area contributed by atoms with E-state index in [9.17, 15) is 0 Å². The lowest BCUT2D eigenvalue weighted by Crippen LogP contribution is -2.48. The van der Waals surface area contributed by atoms with Gasteiger partial charge >= 0.3 is 0 Å². The molecule has 12 rings (SSSR count). The highest BCUT2D eigenvalue weighted by Crippen LogP contribution is 2.60. The molecule has 6 aromatic carbocycles. The molecule has 0 N–H and O–H groups in total. The smallest absolute Gasteiger partial charge is 0.187 e. The summed E-state index contributed by atoms with van der Waals surface area (Å²) in [6, 6.07) is 51.3. The zero-order chi connectivity index (χ0) is 36.5. The first kappa shape index (κ1) is 32.1. The van der Waals surface area contributed by atoms with Crippen LogP contribution >= 0.6 is 0 Å². The van der Waals surface area contributed by atoms with Crippen LogP contribution in [0, 0.1) is 24.3 Å². The molecule has 55 heavy (non-hydrogen) atoms. The van der Waals surface area contributed by atoms with Gasteiger partial charge in [0, 0.05) is 33.2 Å². The van der Waals surface area contributed by atoms with E-state index in [4.69, 9.17) is 21.5 Å². The average Bonchev–Trinajstić information content (AvgIpc) is 3.57. The van der Waals surface area contributed by atoms with Crippen LogP contribution in [-0.4, -0.2) is 19.5 Å². The van der Waals surface area contributed by atoms with Gasteiger partial charge in [0.25, 0.3) is 0 Å². The van der Waals surface area contributed by atoms with E-state index < -0.39 is 0 Å². The van der Waals surface area contributed by atoms with Crippen LogP contribution in [-0.2, 0) is 5.41 Å². The van der Waals surface area contributed by atoms with Crippen molar-refractivity contribution in [1.29, 1.82) is 0 Å². The molecule has 8 aromatic rings. The quantitative estimate of drug-likeness (QED) is 0.162. The van der Waals surface area contributed by atoms with Gasteiger partial charge in [-0.1, -0.05) is 121 Å². The number of hydrogen-bond donors (Lipinski definition) is 0. The van der Waals surface area contributed by atoms with Crippen LogP contribution in [0.2, 0.25) is 0 Å². The highest BCUT2D eigenvalue weighted by molar-refractivity contribution is 6.10. The van der Waals surface area contributed by atoms with Gasteiger partial charge in [-0.15, -0.1) is 0 Å². The van der Waals surface area contributed by atoms with E-state index in [1.54, 1.807) is 5.56 Å². The molecule has 0 spiro atoms. The first-order chi connectivity index (χ1) is 27.1. The fourth-order valence-electron chi connectivity index (χ4n) is 10.7. The van der Waals surface area contributed by atoms with E-state index >= 15 is 0 Å². The Kier molecular flexibility index (Phi) is 7.35. The average molecular weight is 710 g/mol. The van der Waals surface area contributed by atoms with Gasteiger partial charge in [-0.05, 0) is 103 Å². The van der Waals surface area contributed by atoms with Crippen LogP contribution in [0.4, 0.5) is 5.69 Å². The SMILES string of the molecule is [C-]#[N+]c1ccc(-c2nc(-c3ccccc3)nc(-c3cccc(-n4c5ccccc5c5ccc(-c6ccc(C78CC9CC(CC(C9)C7)C8)cc6)cc54)c3)n2)cc1. The number of nitrogens with zero attached hydrogens (tertiary/aromatic N) is 5. The van der Waals surface area contributed by atoms with Crippen LogP contribution in [0.25, 0.3) is 77.6 Å². The standard InChI is InChI=1S/C50H39N5/c1-51-41-21-16-37(17-22-41)48-52-47(36-8-3-2-4-9-36)53-49(54-48)39-10-7-11-42(27-39)55-45-13-6-5-12-43(45)44-23-18-38(28-46(44)55)35-14-19-40(20-15-35)50-29-32-24-33(30-50)26-34(25-32)31-50/h2-23,27-28,32-34H,24-26,29-31H2. The minimum atomic E-state index is 0.402.